The van der Waals surface area contributed by atoms with Crippen LogP contribution >= 0.6 is 15.9 Å². The fraction of sp³-hybridized carbons (Fsp3) is 0.538. The molecule has 17 heavy (non-hydrogen) atoms. The van der Waals surface area contributed by atoms with E-state index in [0.29, 0.717) is 10.4 Å². The average Bonchev–Trinajstić information content (AvgIpc) is 2.18. The Labute approximate surface area is 109 Å². The Morgan fingerprint density at radius 1 is 1.35 bits per heavy atom. The molecule has 0 bridgehead atoms. The van der Waals surface area contributed by atoms with Crippen molar-refractivity contribution in [3.63, 3.8) is 0 Å². The summed E-state index contributed by atoms with van der Waals surface area (Å²) in [6, 6.07) is 2.42. The molecule has 1 fully saturated rings. The first-order chi connectivity index (χ1) is 8.11. The van der Waals surface area contributed by atoms with Crippen LogP contribution < -0.4 is 5.32 Å². The van der Waals surface area contributed by atoms with Gasteiger partial charge in [0, 0.05) is 16.1 Å². The molecule has 0 heterocycles. The summed E-state index contributed by atoms with van der Waals surface area (Å²) in [4.78, 5) is 0. The minimum absolute atomic E-state index is 0.169. The molecule has 0 aromatic heterocycles. The van der Waals surface area contributed by atoms with Gasteiger partial charge in [-0.1, -0.05) is 35.2 Å². The summed E-state index contributed by atoms with van der Waals surface area (Å²) in [6.07, 6.45) is 4.41. The van der Waals surface area contributed by atoms with E-state index in [9.17, 15) is 8.78 Å². The third-order valence-electron chi connectivity index (χ3n) is 3.53. The van der Waals surface area contributed by atoms with Crippen LogP contribution in [0.1, 0.15) is 37.3 Å². The molecular formula is C13H16BrF2N. The highest BCUT2D eigenvalue weighted by molar-refractivity contribution is 9.10. The lowest BCUT2D eigenvalue weighted by Gasteiger charge is -2.30. The van der Waals surface area contributed by atoms with Crippen molar-refractivity contribution in [2.24, 2.45) is 5.92 Å². The summed E-state index contributed by atoms with van der Waals surface area (Å²) in [5.74, 6) is -0.346. The van der Waals surface area contributed by atoms with E-state index in [1.54, 1.807) is 7.05 Å². The Bertz CT molecular complexity index is 381. The molecule has 94 valence electrons. The van der Waals surface area contributed by atoms with Gasteiger partial charge >= 0.3 is 0 Å². The van der Waals surface area contributed by atoms with Crippen LogP contribution in [0.3, 0.4) is 0 Å². The first-order valence-corrected chi connectivity index (χ1v) is 6.72. The van der Waals surface area contributed by atoms with E-state index in [0.717, 1.165) is 6.42 Å². The monoisotopic (exact) mass is 303 g/mol. The lowest BCUT2D eigenvalue weighted by Crippen LogP contribution is -2.25. The van der Waals surface area contributed by atoms with Gasteiger partial charge in [0.25, 0.3) is 0 Å². The summed E-state index contributed by atoms with van der Waals surface area (Å²) in [6.45, 7) is 0. The third-order valence-corrected chi connectivity index (χ3v) is 3.99. The maximum Gasteiger partial charge on any atom is 0.132 e. The van der Waals surface area contributed by atoms with E-state index in [4.69, 9.17) is 0 Å². The Kier molecular flexibility index (Phi) is 4.15. The molecule has 0 radical (unpaired) electrons. The van der Waals surface area contributed by atoms with Gasteiger partial charge in [0.1, 0.15) is 11.6 Å². The molecule has 1 atom stereocenters. The number of rotatable bonds is 4. The predicted molar refractivity (Wildman–Crippen MR) is 67.8 cm³/mol. The van der Waals surface area contributed by atoms with Crippen LogP contribution in [0.15, 0.2) is 16.6 Å². The quantitative estimate of drug-likeness (QED) is 0.880. The van der Waals surface area contributed by atoms with Gasteiger partial charge in [-0.25, -0.2) is 8.78 Å². The molecule has 0 amide bonds. The molecule has 1 saturated carbocycles. The lowest BCUT2D eigenvalue weighted by atomic mass is 9.79. The van der Waals surface area contributed by atoms with Crippen LogP contribution in [0.4, 0.5) is 8.78 Å². The molecule has 1 N–H and O–H groups in total. The highest BCUT2D eigenvalue weighted by atomic mass is 79.9. The largest absolute Gasteiger partial charge is 0.313 e. The zero-order valence-electron chi connectivity index (χ0n) is 9.77. The minimum Gasteiger partial charge on any atom is -0.313 e. The van der Waals surface area contributed by atoms with Crippen molar-refractivity contribution in [2.45, 2.75) is 31.7 Å². The first kappa shape index (κ1) is 13.0. The highest BCUT2D eigenvalue weighted by Crippen LogP contribution is 2.36. The second-order valence-corrected chi connectivity index (χ2v) is 5.57. The van der Waals surface area contributed by atoms with Crippen molar-refractivity contribution in [1.82, 2.24) is 5.32 Å². The van der Waals surface area contributed by atoms with Gasteiger partial charge in [-0.05, 0) is 31.5 Å². The second kappa shape index (κ2) is 5.44. The molecule has 0 aliphatic heterocycles. The van der Waals surface area contributed by atoms with Gasteiger partial charge in [0.05, 0.1) is 0 Å². The van der Waals surface area contributed by atoms with Gasteiger partial charge in [0.15, 0.2) is 0 Å². The Hall–Kier alpha value is -0.480. The van der Waals surface area contributed by atoms with Crippen LogP contribution in [0.2, 0.25) is 0 Å². The average molecular weight is 304 g/mol. The van der Waals surface area contributed by atoms with Gasteiger partial charge < -0.3 is 5.32 Å². The van der Waals surface area contributed by atoms with Crippen LogP contribution in [-0.2, 0) is 0 Å². The van der Waals surface area contributed by atoms with Crippen molar-refractivity contribution in [3.05, 3.63) is 33.8 Å². The third kappa shape index (κ3) is 2.86. The summed E-state index contributed by atoms with van der Waals surface area (Å²) in [5.41, 5.74) is 0.169. The summed E-state index contributed by atoms with van der Waals surface area (Å²) >= 11 is 3.09. The SMILES string of the molecule is CNC(CC1CCC1)c1c(F)cc(Br)cc1F. The van der Waals surface area contributed by atoms with E-state index in [1.807, 2.05) is 0 Å². The molecule has 1 nitrogen and oxygen atoms in total. The van der Waals surface area contributed by atoms with Gasteiger partial charge in [0.2, 0.25) is 0 Å². The van der Waals surface area contributed by atoms with Crippen molar-refractivity contribution >= 4 is 15.9 Å². The molecule has 1 unspecified atom stereocenters. The molecule has 4 heteroatoms. The number of hydrogen-bond acceptors (Lipinski definition) is 1. The molecule has 0 spiro atoms. The van der Waals surface area contributed by atoms with Crippen LogP contribution in [0.5, 0.6) is 0 Å². The normalized spacial score (nSPS) is 17.9. The fourth-order valence-electron chi connectivity index (χ4n) is 2.33. The molecule has 0 saturated heterocycles. The standard InChI is InChI=1S/C13H16BrF2N/c1-17-12(5-8-3-2-4-8)13-10(15)6-9(14)7-11(13)16/h6-8,12,17H,2-5H2,1H3. The van der Waals surface area contributed by atoms with Crippen molar-refractivity contribution < 1.29 is 8.78 Å². The van der Waals surface area contributed by atoms with Crippen LogP contribution in [0.25, 0.3) is 0 Å². The van der Waals surface area contributed by atoms with Crippen LogP contribution in [0, 0.1) is 17.6 Å². The van der Waals surface area contributed by atoms with Crippen molar-refractivity contribution in [3.8, 4) is 0 Å². The van der Waals surface area contributed by atoms with Crippen molar-refractivity contribution in [2.75, 3.05) is 7.05 Å². The maximum atomic E-state index is 13.8. The predicted octanol–water partition coefficient (Wildman–Crippen LogP) is 4.18. The van der Waals surface area contributed by atoms with E-state index in [2.05, 4.69) is 21.2 Å². The van der Waals surface area contributed by atoms with Crippen LogP contribution in [-0.4, -0.2) is 7.05 Å². The highest BCUT2D eigenvalue weighted by Gasteiger charge is 2.26. The zero-order chi connectivity index (χ0) is 12.4. The molecule has 1 aromatic rings. The minimum atomic E-state index is -0.476. The van der Waals surface area contributed by atoms with Gasteiger partial charge in [-0.15, -0.1) is 0 Å². The Morgan fingerprint density at radius 2 is 1.94 bits per heavy atom. The van der Waals surface area contributed by atoms with Crippen molar-refractivity contribution in [1.29, 1.82) is 0 Å². The Morgan fingerprint density at radius 3 is 2.35 bits per heavy atom. The lowest BCUT2D eigenvalue weighted by molar-refractivity contribution is 0.261. The zero-order valence-corrected chi connectivity index (χ0v) is 11.4. The number of halogens is 3. The molecule has 2 rings (SSSR count). The smallest absolute Gasteiger partial charge is 0.132 e. The van der Waals surface area contributed by atoms with E-state index >= 15 is 0 Å². The van der Waals surface area contributed by atoms with Gasteiger partial charge in [-0.3, -0.25) is 0 Å². The summed E-state index contributed by atoms with van der Waals surface area (Å²) in [5, 5.41) is 3.02. The van der Waals surface area contributed by atoms with E-state index < -0.39 is 11.6 Å². The molecule has 1 aliphatic carbocycles. The molecular weight excluding hydrogens is 288 g/mol. The van der Waals surface area contributed by atoms with E-state index in [-0.39, 0.29) is 11.6 Å². The summed E-state index contributed by atoms with van der Waals surface area (Å²) in [7, 11) is 1.75. The number of benzene rings is 1. The Balaban J connectivity index is 2.22. The van der Waals surface area contributed by atoms with E-state index in [1.165, 1.54) is 31.4 Å². The number of hydrogen-bond donors (Lipinski definition) is 1. The molecule has 1 aromatic carbocycles. The van der Waals surface area contributed by atoms with Gasteiger partial charge in [-0.2, -0.15) is 0 Å². The number of nitrogens with one attached hydrogen (secondary N) is 1. The maximum absolute atomic E-state index is 13.8. The topological polar surface area (TPSA) is 12.0 Å². The summed E-state index contributed by atoms with van der Waals surface area (Å²) < 4.78 is 28.1. The second-order valence-electron chi connectivity index (χ2n) is 4.66. The first-order valence-electron chi connectivity index (χ1n) is 5.93. The fourth-order valence-corrected chi connectivity index (χ4v) is 2.73. The molecule has 1 aliphatic rings.